The second-order valence-corrected chi connectivity index (χ2v) is 5.90. The number of carbonyl (C=O) groups excluding carboxylic acids is 1. The van der Waals surface area contributed by atoms with E-state index in [1.807, 2.05) is 29.2 Å². The Morgan fingerprint density at radius 2 is 1.80 bits per heavy atom. The summed E-state index contributed by atoms with van der Waals surface area (Å²) < 4.78 is 0. The Kier molecular flexibility index (Phi) is 4.69. The summed E-state index contributed by atoms with van der Waals surface area (Å²) in [6.07, 6.45) is 5.46. The number of hydrogen-bond acceptors (Lipinski definition) is 2. The summed E-state index contributed by atoms with van der Waals surface area (Å²) in [5.41, 5.74) is 7.54. The number of carbonyl (C=O) groups is 1. The first-order valence-corrected chi connectivity index (χ1v) is 7.75. The molecule has 1 fully saturated rings. The van der Waals surface area contributed by atoms with Crippen LogP contribution < -0.4 is 5.73 Å². The normalized spacial score (nSPS) is 17.1. The van der Waals surface area contributed by atoms with Crippen LogP contribution in [0.3, 0.4) is 0 Å². The van der Waals surface area contributed by atoms with Crippen LogP contribution in [-0.2, 0) is 11.3 Å². The summed E-state index contributed by atoms with van der Waals surface area (Å²) in [6.45, 7) is 5.68. The predicted molar refractivity (Wildman–Crippen MR) is 83.1 cm³/mol. The van der Waals surface area contributed by atoms with Gasteiger partial charge in [0.1, 0.15) is 0 Å². The van der Waals surface area contributed by atoms with Crippen molar-refractivity contribution in [2.75, 3.05) is 12.3 Å². The van der Waals surface area contributed by atoms with E-state index < -0.39 is 0 Å². The predicted octanol–water partition coefficient (Wildman–Crippen LogP) is 3.59. The zero-order valence-corrected chi connectivity index (χ0v) is 12.7. The molecule has 0 unspecified atom stereocenters. The molecule has 0 atom stereocenters. The maximum Gasteiger partial charge on any atom is 0.229 e. The van der Waals surface area contributed by atoms with Gasteiger partial charge in [-0.05, 0) is 43.9 Å². The smallest absolute Gasteiger partial charge is 0.229 e. The highest BCUT2D eigenvalue weighted by molar-refractivity contribution is 5.83. The van der Waals surface area contributed by atoms with Gasteiger partial charge in [-0.2, -0.15) is 0 Å². The molecule has 0 radical (unpaired) electrons. The van der Waals surface area contributed by atoms with Crippen molar-refractivity contribution in [3.8, 4) is 0 Å². The molecular formula is C17H26N2O. The zero-order valence-electron chi connectivity index (χ0n) is 12.7. The highest BCUT2D eigenvalue weighted by atomic mass is 16.2. The van der Waals surface area contributed by atoms with Gasteiger partial charge in [0, 0.05) is 24.2 Å². The maximum absolute atomic E-state index is 12.9. The Morgan fingerprint density at radius 1 is 1.20 bits per heavy atom. The molecule has 1 amide bonds. The van der Waals surface area contributed by atoms with Crippen molar-refractivity contribution in [1.29, 1.82) is 0 Å². The lowest BCUT2D eigenvalue weighted by molar-refractivity contribution is -0.142. The molecule has 0 bridgehead atoms. The Labute approximate surface area is 122 Å². The van der Waals surface area contributed by atoms with Gasteiger partial charge in [0.15, 0.2) is 0 Å². The third kappa shape index (κ3) is 2.97. The summed E-state index contributed by atoms with van der Waals surface area (Å²) in [7, 11) is 0. The quantitative estimate of drug-likeness (QED) is 0.834. The fraction of sp³-hybridized carbons (Fsp3) is 0.588. The fourth-order valence-electron chi connectivity index (χ4n) is 3.28. The van der Waals surface area contributed by atoms with Crippen LogP contribution in [0.1, 0.15) is 51.5 Å². The molecule has 2 N–H and O–H groups in total. The van der Waals surface area contributed by atoms with Gasteiger partial charge in [-0.25, -0.2) is 0 Å². The van der Waals surface area contributed by atoms with Crippen molar-refractivity contribution in [2.45, 2.75) is 52.5 Å². The van der Waals surface area contributed by atoms with E-state index in [1.54, 1.807) is 0 Å². The summed E-state index contributed by atoms with van der Waals surface area (Å²) in [4.78, 5) is 14.9. The number of nitrogens with two attached hydrogens (primary N) is 1. The lowest BCUT2D eigenvalue weighted by Crippen LogP contribution is -2.42. The van der Waals surface area contributed by atoms with Crippen LogP contribution in [-0.4, -0.2) is 17.4 Å². The molecule has 0 heterocycles. The summed E-state index contributed by atoms with van der Waals surface area (Å²) in [6, 6.07) is 7.83. The maximum atomic E-state index is 12.9. The zero-order chi connectivity index (χ0) is 14.6. The second kappa shape index (κ2) is 6.29. The van der Waals surface area contributed by atoms with Crippen LogP contribution in [0.5, 0.6) is 0 Å². The first kappa shape index (κ1) is 14.9. The van der Waals surface area contributed by atoms with E-state index in [4.69, 9.17) is 5.73 Å². The fourth-order valence-corrected chi connectivity index (χ4v) is 3.28. The van der Waals surface area contributed by atoms with Gasteiger partial charge in [0.05, 0.1) is 0 Å². The molecule has 0 aliphatic heterocycles. The first-order valence-electron chi connectivity index (χ1n) is 7.75. The van der Waals surface area contributed by atoms with Crippen molar-refractivity contribution in [3.05, 3.63) is 29.8 Å². The SMILES string of the molecule is CCN(Cc1ccc(N)cc1)C(=O)C1(CC)CCCC1. The number of amides is 1. The highest BCUT2D eigenvalue weighted by Gasteiger charge is 2.41. The minimum Gasteiger partial charge on any atom is -0.399 e. The molecule has 1 aliphatic carbocycles. The van der Waals surface area contributed by atoms with E-state index in [-0.39, 0.29) is 5.41 Å². The minimum absolute atomic E-state index is 0.0934. The number of rotatable bonds is 5. The third-order valence-electron chi connectivity index (χ3n) is 4.71. The van der Waals surface area contributed by atoms with Gasteiger partial charge in [0.25, 0.3) is 0 Å². The molecular weight excluding hydrogens is 248 g/mol. The van der Waals surface area contributed by atoms with Crippen molar-refractivity contribution >= 4 is 11.6 Å². The Bertz CT molecular complexity index is 447. The molecule has 0 spiro atoms. The average molecular weight is 274 g/mol. The molecule has 0 aromatic heterocycles. The topological polar surface area (TPSA) is 46.3 Å². The van der Waals surface area contributed by atoms with Gasteiger partial charge in [0.2, 0.25) is 5.91 Å². The van der Waals surface area contributed by atoms with Crippen LogP contribution in [0, 0.1) is 5.41 Å². The van der Waals surface area contributed by atoms with E-state index in [9.17, 15) is 4.79 Å². The number of nitrogen functional groups attached to an aromatic ring is 1. The van der Waals surface area contributed by atoms with E-state index >= 15 is 0 Å². The van der Waals surface area contributed by atoms with E-state index in [0.29, 0.717) is 12.5 Å². The molecule has 20 heavy (non-hydrogen) atoms. The Morgan fingerprint density at radius 3 is 2.30 bits per heavy atom. The molecule has 2 rings (SSSR count). The van der Waals surface area contributed by atoms with Crippen molar-refractivity contribution < 1.29 is 4.79 Å². The van der Waals surface area contributed by atoms with Gasteiger partial charge < -0.3 is 10.6 Å². The average Bonchev–Trinajstić information content (AvgIpc) is 2.96. The minimum atomic E-state index is -0.0934. The van der Waals surface area contributed by atoms with Crippen LogP contribution in [0.4, 0.5) is 5.69 Å². The second-order valence-electron chi connectivity index (χ2n) is 5.90. The summed E-state index contributed by atoms with van der Waals surface area (Å²) in [5, 5.41) is 0. The molecule has 3 nitrogen and oxygen atoms in total. The standard InChI is InChI=1S/C17H26N2O/c1-3-17(11-5-6-12-17)16(20)19(4-2)13-14-7-9-15(18)10-8-14/h7-10H,3-6,11-13,18H2,1-2H3. The Hall–Kier alpha value is -1.51. The van der Waals surface area contributed by atoms with Crippen LogP contribution >= 0.6 is 0 Å². The molecule has 1 aromatic carbocycles. The molecule has 1 aromatic rings. The molecule has 110 valence electrons. The van der Waals surface area contributed by atoms with Gasteiger partial charge in [-0.3, -0.25) is 4.79 Å². The summed E-state index contributed by atoms with van der Waals surface area (Å²) >= 11 is 0. The highest BCUT2D eigenvalue weighted by Crippen LogP contribution is 2.42. The Balaban J connectivity index is 2.11. The molecule has 3 heteroatoms. The number of hydrogen-bond donors (Lipinski definition) is 1. The van der Waals surface area contributed by atoms with E-state index in [0.717, 1.165) is 37.1 Å². The van der Waals surface area contributed by atoms with E-state index in [1.165, 1.54) is 12.8 Å². The summed E-state index contributed by atoms with van der Waals surface area (Å²) in [5.74, 6) is 0.344. The van der Waals surface area contributed by atoms with E-state index in [2.05, 4.69) is 13.8 Å². The number of benzene rings is 1. The van der Waals surface area contributed by atoms with Gasteiger partial charge >= 0.3 is 0 Å². The van der Waals surface area contributed by atoms with Gasteiger partial charge in [-0.15, -0.1) is 0 Å². The largest absolute Gasteiger partial charge is 0.399 e. The van der Waals surface area contributed by atoms with Crippen molar-refractivity contribution in [3.63, 3.8) is 0 Å². The lowest BCUT2D eigenvalue weighted by atomic mass is 9.81. The van der Waals surface area contributed by atoms with Crippen molar-refractivity contribution in [2.24, 2.45) is 5.41 Å². The van der Waals surface area contributed by atoms with Crippen LogP contribution in [0.25, 0.3) is 0 Å². The third-order valence-corrected chi connectivity index (χ3v) is 4.71. The molecule has 1 aliphatic rings. The van der Waals surface area contributed by atoms with Crippen LogP contribution in [0.2, 0.25) is 0 Å². The van der Waals surface area contributed by atoms with Crippen molar-refractivity contribution in [1.82, 2.24) is 4.90 Å². The monoisotopic (exact) mass is 274 g/mol. The number of nitrogens with zero attached hydrogens (tertiary/aromatic N) is 1. The van der Waals surface area contributed by atoms with Crippen LogP contribution in [0.15, 0.2) is 24.3 Å². The molecule has 1 saturated carbocycles. The lowest BCUT2D eigenvalue weighted by Gasteiger charge is -2.33. The first-order chi connectivity index (χ1) is 9.61. The molecule has 0 saturated heterocycles. The van der Waals surface area contributed by atoms with Gasteiger partial charge in [-0.1, -0.05) is 31.9 Å². The number of anilines is 1.